The molecule has 3 fully saturated rings. The minimum Gasteiger partial charge on any atom is -0.371 e. The monoisotopic (exact) mass is 717 g/mol. The van der Waals surface area contributed by atoms with Crippen LogP contribution in [0.15, 0.2) is 72.5 Å². The van der Waals surface area contributed by atoms with Crippen LogP contribution < -0.4 is 21.3 Å². The second kappa shape index (κ2) is 13.9. The molecule has 6 heterocycles. The first kappa shape index (κ1) is 33.7. The van der Waals surface area contributed by atoms with Gasteiger partial charge in [0.1, 0.15) is 16.7 Å². The zero-order valence-electron chi connectivity index (χ0n) is 28.6. The number of nitrogens with one attached hydrogen (secondary N) is 2. The molecule has 8 rings (SSSR count). The average molecular weight is 718 g/mol. The van der Waals surface area contributed by atoms with Gasteiger partial charge in [0.05, 0.1) is 17.3 Å². The van der Waals surface area contributed by atoms with Crippen molar-refractivity contribution >= 4 is 52.2 Å². The van der Waals surface area contributed by atoms with Gasteiger partial charge in [-0.15, -0.1) is 11.3 Å². The predicted molar refractivity (Wildman–Crippen MR) is 197 cm³/mol. The Morgan fingerprint density at radius 2 is 1.77 bits per heavy atom. The van der Waals surface area contributed by atoms with Crippen LogP contribution in [0.1, 0.15) is 74.8 Å². The lowest BCUT2D eigenvalue weighted by atomic mass is 9.89. The molecule has 0 bridgehead atoms. The van der Waals surface area contributed by atoms with E-state index >= 15 is 0 Å². The molecule has 4 N–H and O–H groups in total. The normalized spacial score (nSPS) is 21.1. The van der Waals surface area contributed by atoms with E-state index in [2.05, 4.69) is 54.1 Å². The van der Waals surface area contributed by atoms with Crippen molar-refractivity contribution in [3.63, 3.8) is 0 Å². The molecule has 4 aromatic rings. The summed E-state index contributed by atoms with van der Waals surface area (Å²) in [5.41, 5.74) is 10.6. The number of anilines is 3. The Labute approximate surface area is 304 Å². The smallest absolute Gasteiger partial charge is 0.271 e. The summed E-state index contributed by atoms with van der Waals surface area (Å²) in [4.78, 5) is 70.3. The largest absolute Gasteiger partial charge is 0.371 e. The summed E-state index contributed by atoms with van der Waals surface area (Å²) in [6, 6.07) is 12.9. The van der Waals surface area contributed by atoms with E-state index < -0.39 is 23.8 Å². The number of carbonyl (C=O) groups excluding carboxylic acids is 4. The summed E-state index contributed by atoms with van der Waals surface area (Å²) in [5.74, 6) is -0.547. The molecule has 4 amide bonds. The van der Waals surface area contributed by atoms with Crippen molar-refractivity contribution < 1.29 is 19.2 Å². The number of thiazole rings is 1. The number of allylic oxidation sites excluding steroid dienone is 1. The van der Waals surface area contributed by atoms with Crippen molar-refractivity contribution in [3.05, 3.63) is 94.9 Å². The Balaban J connectivity index is 0.841. The first-order valence-electron chi connectivity index (χ1n) is 17.6. The standard InChI is InChI=1S/C38H39N9O4S/c1-22-2-9-31(35(49)42-22)47-37(50)28-8-7-27(18-29(28)38(47)51)46-16-10-23(21-46)20-45-14-11-25(12-15-45)24-3-5-26(6-4-24)43-34-32(33(39)48)41-19-30(44-34)36-40-13-17-52-36/h3-8,13,17-19,23,25,31H,1-2,9-12,14-16,20-21H2,(H2,39,48)(H,42,49)(H,43,44)/t23-,31?/m0/s1. The Hall–Kier alpha value is -5.47. The van der Waals surface area contributed by atoms with Gasteiger partial charge in [-0.2, -0.15) is 0 Å². The fraction of sp³-hybridized carbons (Fsp3) is 0.342. The third kappa shape index (κ3) is 6.55. The molecular weight excluding hydrogens is 679 g/mol. The van der Waals surface area contributed by atoms with Crippen LogP contribution in [0.2, 0.25) is 0 Å². The van der Waals surface area contributed by atoms with E-state index in [-0.39, 0.29) is 11.6 Å². The average Bonchev–Trinajstić information content (AvgIpc) is 3.90. The van der Waals surface area contributed by atoms with Crippen LogP contribution in [0.3, 0.4) is 0 Å². The maximum absolute atomic E-state index is 13.4. The van der Waals surface area contributed by atoms with Crippen molar-refractivity contribution in [2.75, 3.05) is 42.9 Å². The number of fused-ring (bicyclic) bond motifs is 1. The number of hydrogen-bond acceptors (Lipinski definition) is 11. The highest BCUT2D eigenvalue weighted by molar-refractivity contribution is 7.13. The Morgan fingerprint density at radius 1 is 0.981 bits per heavy atom. The van der Waals surface area contributed by atoms with Gasteiger partial charge in [0.25, 0.3) is 17.7 Å². The van der Waals surface area contributed by atoms with E-state index in [0.29, 0.717) is 58.0 Å². The molecule has 52 heavy (non-hydrogen) atoms. The van der Waals surface area contributed by atoms with Crippen molar-refractivity contribution in [1.82, 2.24) is 30.1 Å². The lowest BCUT2D eigenvalue weighted by Crippen LogP contribution is -2.51. The molecule has 0 saturated carbocycles. The fourth-order valence-corrected chi connectivity index (χ4v) is 8.44. The van der Waals surface area contributed by atoms with Gasteiger partial charge >= 0.3 is 0 Å². The number of amides is 4. The highest BCUT2D eigenvalue weighted by Crippen LogP contribution is 2.35. The molecule has 4 aliphatic heterocycles. The highest BCUT2D eigenvalue weighted by atomic mass is 32.1. The summed E-state index contributed by atoms with van der Waals surface area (Å²) >= 11 is 1.44. The summed E-state index contributed by atoms with van der Waals surface area (Å²) in [6.45, 7) is 8.65. The number of nitrogens with two attached hydrogens (primary N) is 1. The molecule has 2 aromatic carbocycles. The van der Waals surface area contributed by atoms with Crippen LogP contribution in [-0.4, -0.2) is 87.1 Å². The van der Waals surface area contributed by atoms with Crippen LogP contribution >= 0.6 is 11.3 Å². The van der Waals surface area contributed by atoms with Crippen LogP contribution in [0.5, 0.6) is 0 Å². The second-order valence-electron chi connectivity index (χ2n) is 13.9. The Morgan fingerprint density at radius 3 is 2.50 bits per heavy atom. The fourth-order valence-electron chi connectivity index (χ4n) is 7.85. The van der Waals surface area contributed by atoms with Crippen molar-refractivity contribution in [2.45, 2.75) is 44.1 Å². The lowest BCUT2D eigenvalue weighted by molar-refractivity contribution is -0.125. The van der Waals surface area contributed by atoms with E-state index in [0.717, 1.165) is 68.3 Å². The number of piperidine rings is 2. The molecule has 3 saturated heterocycles. The predicted octanol–water partition coefficient (Wildman–Crippen LogP) is 4.54. The second-order valence-corrected chi connectivity index (χ2v) is 14.8. The summed E-state index contributed by atoms with van der Waals surface area (Å²) in [7, 11) is 0. The molecule has 4 aliphatic rings. The number of imide groups is 1. The molecule has 2 aromatic heterocycles. The van der Waals surface area contributed by atoms with Gasteiger partial charge in [0.2, 0.25) is 5.91 Å². The third-order valence-corrected chi connectivity index (χ3v) is 11.4. The lowest BCUT2D eigenvalue weighted by Gasteiger charge is -2.34. The summed E-state index contributed by atoms with van der Waals surface area (Å²) < 4.78 is 0. The van der Waals surface area contributed by atoms with Crippen LogP contribution in [-0.2, 0) is 4.79 Å². The molecule has 2 atom stereocenters. The van der Waals surface area contributed by atoms with E-state index in [4.69, 9.17) is 5.73 Å². The van der Waals surface area contributed by atoms with E-state index in [9.17, 15) is 19.2 Å². The minimum atomic E-state index is -0.810. The van der Waals surface area contributed by atoms with E-state index in [1.54, 1.807) is 12.3 Å². The minimum absolute atomic E-state index is 0.0753. The summed E-state index contributed by atoms with van der Waals surface area (Å²) in [5, 5.41) is 8.48. The molecule has 0 spiro atoms. The van der Waals surface area contributed by atoms with Crippen LogP contribution in [0.25, 0.3) is 10.7 Å². The van der Waals surface area contributed by atoms with Gasteiger partial charge in [0, 0.05) is 48.3 Å². The van der Waals surface area contributed by atoms with Gasteiger partial charge in [-0.25, -0.2) is 15.0 Å². The molecule has 0 aliphatic carbocycles. The number of likely N-dealkylation sites (tertiary alicyclic amines) is 1. The Kier molecular flexibility index (Phi) is 9.01. The molecule has 0 radical (unpaired) electrons. The van der Waals surface area contributed by atoms with Crippen LogP contribution in [0, 0.1) is 5.92 Å². The van der Waals surface area contributed by atoms with Crippen molar-refractivity contribution in [1.29, 1.82) is 0 Å². The summed E-state index contributed by atoms with van der Waals surface area (Å²) in [6.07, 6.45) is 7.33. The zero-order valence-corrected chi connectivity index (χ0v) is 29.4. The number of aromatic nitrogens is 3. The molecule has 1 unspecified atom stereocenters. The van der Waals surface area contributed by atoms with Gasteiger partial charge in [-0.3, -0.25) is 24.1 Å². The van der Waals surface area contributed by atoms with Crippen molar-refractivity contribution in [2.24, 2.45) is 11.7 Å². The zero-order chi connectivity index (χ0) is 35.9. The van der Waals surface area contributed by atoms with Crippen LogP contribution in [0.4, 0.5) is 17.2 Å². The first-order chi connectivity index (χ1) is 25.2. The van der Waals surface area contributed by atoms with E-state index in [1.807, 2.05) is 29.6 Å². The number of hydrogen-bond donors (Lipinski definition) is 3. The van der Waals surface area contributed by atoms with Gasteiger partial charge < -0.3 is 26.2 Å². The number of benzene rings is 2. The Bertz CT molecular complexity index is 2060. The maximum atomic E-state index is 13.4. The van der Waals surface area contributed by atoms with Gasteiger partial charge in [-0.05, 0) is 92.9 Å². The first-order valence-corrected chi connectivity index (χ1v) is 18.5. The topological polar surface area (TPSA) is 167 Å². The molecule has 13 nitrogen and oxygen atoms in total. The third-order valence-electron chi connectivity index (χ3n) is 10.6. The maximum Gasteiger partial charge on any atom is 0.271 e. The van der Waals surface area contributed by atoms with Gasteiger partial charge in [-0.1, -0.05) is 18.7 Å². The van der Waals surface area contributed by atoms with Gasteiger partial charge in [0.15, 0.2) is 11.5 Å². The number of rotatable bonds is 9. The molecule has 266 valence electrons. The quantitative estimate of drug-likeness (QED) is 0.209. The molecule has 14 heteroatoms. The molecular formula is C38H39N9O4S. The SMILES string of the molecule is C=C1CCC(N2C(=O)c3ccc(N4CC[C@@H](CN5CCC(c6ccc(Nc7nc(-c8nccs8)cnc7C(N)=O)cc6)CC5)C4)cc3C2=O)C(=O)N1. The number of nitrogens with zero attached hydrogens (tertiary/aromatic N) is 6. The number of carbonyl (C=O) groups is 4. The van der Waals surface area contributed by atoms with E-state index in [1.165, 1.54) is 23.1 Å². The van der Waals surface area contributed by atoms with Crippen molar-refractivity contribution in [3.8, 4) is 10.7 Å². The number of primary amides is 1. The highest BCUT2D eigenvalue weighted by Gasteiger charge is 2.44.